The number of carbonyl (C=O) groups excluding carboxylic acids is 4. The Labute approximate surface area is 146 Å². The van der Waals surface area contributed by atoms with Crippen molar-refractivity contribution in [2.24, 2.45) is 0 Å². The molecule has 1 heterocycles. The summed E-state index contributed by atoms with van der Waals surface area (Å²) >= 11 is 0. The fourth-order valence-electron chi connectivity index (χ4n) is 2.77. The summed E-state index contributed by atoms with van der Waals surface area (Å²) in [6, 6.07) is 6.12. The van der Waals surface area contributed by atoms with Gasteiger partial charge < -0.3 is 0 Å². The zero-order valence-corrected chi connectivity index (χ0v) is 13.7. The molecule has 0 aromatic heterocycles. The predicted molar refractivity (Wildman–Crippen MR) is 86.3 cm³/mol. The molecule has 6 nitrogen and oxygen atoms in total. The molecule has 0 spiro atoms. The highest BCUT2D eigenvalue weighted by Gasteiger charge is 2.50. The lowest BCUT2D eigenvalue weighted by Crippen LogP contribution is -2.39. The van der Waals surface area contributed by atoms with Crippen molar-refractivity contribution in [3.8, 4) is 0 Å². The van der Waals surface area contributed by atoms with Gasteiger partial charge in [-0.1, -0.05) is 12.1 Å². The van der Waals surface area contributed by atoms with Crippen molar-refractivity contribution >= 4 is 29.4 Å². The second kappa shape index (κ2) is 6.14. The molecule has 0 radical (unpaired) electrons. The van der Waals surface area contributed by atoms with Gasteiger partial charge in [-0.3, -0.25) is 14.4 Å². The van der Waals surface area contributed by atoms with Crippen LogP contribution in [0.3, 0.4) is 0 Å². The molecule has 0 N–H and O–H groups in total. The van der Waals surface area contributed by atoms with Gasteiger partial charge in [0, 0.05) is 0 Å². The summed E-state index contributed by atoms with van der Waals surface area (Å²) in [5.41, 5.74) is 0.454. The first-order valence-electron chi connectivity index (χ1n) is 7.51. The molecule has 8 heteroatoms. The highest BCUT2D eigenvalue weighted by Crippen LogP contribution is 2.26. The van der Waals surface area contributed by atoms with E-state index in [0.29, 0.717) is 4.90 Å². The summed E-state index contributed by atoms with van der Waals surface area (Å²) in [7, 11) is 0. The average molecular weight is 358 g/mol. The third-order valence-electron chi connectivity index (χ3n) is 3.82. The Hall–Kier alpha value is -3.42. The van der Waals surface area contributed by atoms with Crippen molar-refractivity contribution in [2.75, 3.05) is 4.90 Å². The first kappa shape index (κ1) is 17.4. The van der Waals surface area contributed by atoms with E-state index in [1.165, 1.54) is 12.1 Å². The molecule has 3 rings (SSSR count). The van der Waals surface area contributed by atoms with Crippen LogP contribution in [0.1, 0.15) is 21.5 Å². The number of hydrogen-bond acceptors (Lipinski definition) is 4. The Morgan fingerprint density at radius 3 is 1.96 bits per heavy atom. The zero-order chi connectivity index (χ0) is 19.2. The van der Waals surface area contributed by atoms with Crippen LogP contribution in [0.15, 0.2) is 36.4 Å². The number of amides is 5. The van der Waals surface area contributed by atoms with E-state index in [1.54, 1.807) is 19.9 Å². The maximum absolute atomic E-state index is 13.8. The Morgan fingerprint density at radius 2 is 1.42 bits per heavy atom. The van der Waals surface area contributed by atoms with Crippen LogP contribution in [0.2, 0.25) is 0 Å². The minimum atomic E-state index is -1.53. The third kappa shape index (κ3) is 2.65. The summed E-state index contributed by atoms with van der Waals surface area (Å²) in [4.78, 5) is 49.8. The van der Waals surface area contributed by atoms with Gasteiger partial charge in [-0.05, 0) is 49.2 Å². The molecule has 1 aliphatic heterocycles. The van der Waals surface area contributed by atoms with Crippen LogP contribution in [0.5, 0.6) is 0 Å². The van der Waals surface area contributed by atoms with E-state index in [0.717, 1.165) is 29.3 Å². The van der Waals surface area contributed by atoms with Gasteiger partial charge in [0.2, 0.25) is 0 Å². The largest absolute Gasteiger partial charge is 0.346 e. The second-order valence-electron chi connectivity index (χ2n) is 5.81. The summed E-state index contributed by atoms with van der Waals surface area (Å²) < 4.78 is 27.6. The van der Waals surface area contributed by atoms with Gasteiger partial charge >= 0.3 is 17.8 Å². The van der Waals surface area contributed by atoms with E-state index >= 15 is 0 Å². The van der Waals surface area contributed by atoms with Crippen molar-refractivity contribution in [1.82, 2.24) is 4.90 Å². The molecular weight excluding hydrogens is 346 g/mol. The summed E-state index contributed by atoms with van der Waals surface area (Å²) in [5, 5.41) is 0. The van der Waals surface area contributed by atoms with Crippen LogP contribution in [0.25, 0.3) is 0 Å². The molecule has 132 valence electrons. The highest BCUT2D eigenvalue weighted by atomic mass is 19.1. The van der Waals surface area contributed by atoms with Crippen molar-refractivity contribution in [3.05, 3.63) is 64.7 Å². The molecule has 0 aliphatic carbocycles. The minimum absolute atomic E-state index is 0.0541. The molecule has 2 aromatic rings. The standard InChI is InChI=1S/C18H12F2N2O4/c1-9-6-10(2)8-11(7-9)21-16(24)17(25)22(18(21)26)15(23)14-12(19)4-3-5-13(14)20/h3-8H,1-2H3. The number of benzene rings is 2. The smallest absolute Gasteiger partial charge is 0.268 e. The fraction of sp³-hybridized carbons (Fsp3) is 0.111. The molecule has 1 aliphatic rings. The normalized spacial score (nSPS) is 14.4. The van der Waals surface area contributed by atoms with Gasteiger partial charge in [-0.25, -0.2) is 18.5 Å². The quantitative estimate of drug-likeness (QED) is 0.470. The molecular formula is C18H12F2N2O4. The average Bonchev–Trinajstić information content (AvgIpc) is 2.75. The summed E-state index contributed by atoms with van der Waals surface area (Å²) in [6.07, 6.45) is 0. The van der Waals surface area contributed by atoms with Gasteiger partial charge in [0.1, 0.15) is 17.2 Å². The van der Waals surface area contributed by atoms with Crippen molar-refractivity contribution in [3.63, 3.8) is 0 Å². The maximum Gasteiger partial charge on any atom is 0.346 e. The Kier molecular flexibility index (Phi) is 4.11. The van der Waals surface area contributed by atoms with Gasteiger partial charge in [-0.2, -0.15) is 4.90 Å². The molecule has 26 heavy (non-hydrogen) atoms. The lowest BCUT2D eigenvalue weighted by molar-refractivity contribution is -0.138. The SMILES string of the molecule is Cc1cc(C)cc(N2C(=O)C(=O)N(C(=O)c3c(F)cccc3F)C2=O)c1. The lowest BCUT2D eigenvalue weighted by atomic mass is 10.1. The number of aryl methyl sites for hydroxylation is 2. The minimum Gasteiger partial charge on any atom is -0.268 e. The monoisotopic (exact) mass is 358 g/mol. The van der Waals surface area contributed by atoms with Crippen LogP contribution < -0.4 is 4.90 Å². The number of hydrogen-bond donors (Lipinski definition) is 0. The molecule has 0 unspecified atom stereocenters. The van der Waals surface area contributed by atoms with E-state index < -0.39 is 41.0 Å². The number of nitrogens with zero attached hydrogens (tertiary/aromatic N) is 2. The van der Waals surface area contributed by atoms with Crippen molar-refractivity contribution in [1.29, 1.82) is 0 Å². The predicted octanol–water partition coefficient (Wildman–Crippen LogP) is 2.72. The summed E-state index contributed by atoms with van der Waals surface area (Å²) in [5.74, 6) is -6.76. The number of halogens is 2. The first-order valence-corrected chi connectivity index (χ1v) is 7.51. The lowest BCUT2D eigenvalue weighted by Gasteiger charge is -2.16. The second-order valence-corrected chi connectivity index (χ2v) is 5.81. The van der Waals surface area contributed by atoms with E-state index in [2.05, 4.69) is 0 Å². The molecule has 0 saturated carbocycles. The van der Waals surface area contributed by atoms with Gasteiger partial charge in [0.05, 0.1) is 5.69 Å². The fourth-order valence-corrected chi connectivity index (χ4v) is 2.77. The Morgan fingerprint density at radius 1 is 0.885 bits per heavy atom. The number of urea groups is 1. The third-order valence-corrected chi connectivity index (χ3v) is 3.82. The van der Waals surface area contributed by atoms with Gasteiger partial charge in [0.25, 0.3) is 5.91 Å². The Bertz CT molecular complexity index is 947. The maximum atomic E-state index is 13.8. The van der Waals surface area contributed by atoms with E-state index in [9.17, 15) is 28.0 Å². The topological polar surface area (TPSA) is 74.8 Å². The molecule has 2 aromatic carbocycles. The molecule has 1 fully saturated rings. The van der Waals surface area contributed by atoms with Crippen molar-refractivity contribution < 1.29 is 28.0 Å². The first-order chi connectivity index (χ1) is 12.2. The Balaban J connectivity index is 2.06. The zero-order valence-electron chi connectivity index (χ0n) is 13.7. The van der Waals surface area contributed by atoms with Gasteiger partial charge in [-0.15, -0.1) is 0 Å². The van der Waals surface area contributed by atoms with E-state index in [4.69, 9.17) is 0 Å². The van der Waals surface area contributed by atoms with Crippen molar-refractivity contribution in [2.45, 2.75) is 13.8 Å². The molecule has 5 amide bonds. The van der Waals surface area contributed by atoms with Crippen LogP contribution in [-0.4, -0.2) is 28.7 Å². The molecule has 1 saturated heterocycles. The number of imide groups is 4. The molecule has 0 bridgehead atoms. The summed E-state index contributed by atoms with van der Waals surface area (Å²) in [6.45, 7) is 3.45. The van der Waals surface area contributed by atoms with Crippen LogP contribution >= 0.6 is 0 Å². The van der Waals surface area contributed by atoms with Crippen LogP contribution in [0, 0.1) is 25.5 Å². The van der Waals surface area contributed by atoms with Crippen LogP contribution in [0.4, 0.5) is 19.3 Å². The highest BCUT2D eigenvalue weighted by molar-refractivity contribution is 6.56. The van der Waals surface area contributed by atoms with E-state index in [-0.39, 0.29) is 10.6 Å². The number of anilines is 1. The number of carbonyl (C=O) groups is 4. The van der Waals surface area contributed by atoms with Crippen LogP contribution in [-0.2, 0) is 9.59 Å². The van der Waals surface area contributed by atoms with E-state index in [1.807, 2.05) is 0 Å². The van der Waals surface area contributed by atoms with Gasteiger partial charge in [0.15, 0.2) is 0 Å². The number of rotatable bonds is 2. The molecule has 0 atom stereocenters.